The lowest BCUT2D eigenvalue weighted by molar-refractivity contribution is -0.123. The highest BCUT2D eigenvalue weighted by atomic mass is 32.2. The van der Waals surface area contributed by atoms with Crippen LogP contribution >= 0.6 is 11.8 Å². The van der Waals surface area contributed by atoms with Crippen molar-refractivity contribution in [2.24, 2.45) is 0 Å². The predicted molar refractivity (Wildman–Crippen MR) is 110 cm³/mol. The highest BCUT2D eigenvalue weighted by Gasteiger charge is 2.15. The zero-order chi connectivity index (χ0) is 21.2. The lowest BCUT2D eigenvalue weighted by Gasteiger charge is -2.11. The molecule has 0 aromatic heterocycles. The smallest absolute Gasteiger partial charge is 0.339 e. The van der Waals surface area contributed by atoms with Gasteiger partial charge in [-0.05, 0) is 24.3 Å². The summed E-state index contributed by atoms with van der Waals surface area (Å²) in [5.41, 5.74) is 0.854. The molecule has 29 heavy (non-hydrogen) atoms. The number of benzene rings is 2. The van der Waals surface area contributed by atoms with E-state index >= 15 is 0 Å². The van der Waals surface area contributed by atoms with E-state index in [2.05, 4.69) is 10.6 Å². The van der Waals surface area contributed by atoms with Crippen molar-refractivity contribution in [2.45, 2.75) is 4.90 Å². The Balaban J connectivity index is 1.98. The van der Waals surface area contributed by atoms with Crippen molar-refractivity contribution in [3.63, 3.8) is 0 Å². The molecule has 0 aliphatic heterocycles. The third-order valence-electron chi connectivity index (χ3n) is 3.75. The SMILES string of the molecule is CNC(=O)COC(=O)c1ccccc1SCC(=O)Nc1ccc(OC)c(OC)c1. The molecule has 2 N–H and O–H groups in total. The summed E-state index contributed by atoms with van der Waals surface area (Å²) in [4.78, 5) is 36.3. The first kappa shape index (κ1) is 22.1. The fourth-order valence-electron chi connectivity index (χ4n) is 2.30. The number of ether oxygens (including phenoxy) is 3. The van der Waals surface area contributed by atoms with Crippen molar-refractivity contribution >= 4 is 35.2 Å². The second-order valence-electron chi connectivity index (χ2n) is 5.65. The fraction of sp³-hybridized carbons (Fsp3) is 0.250. The van der Waals surface area contributed by atoms with Gasteiger partial charge in [0.15, 0.2) is 18.1 Å². The van der Waals surface area contributed by atoms with E-state index in [4.69, 9.17) is 14.2 Å². The maximum absolute atomic E-state index is 12.3. The maximum Gasteiger partial charge on any atom is 0.339 e. The highest BCUT2D eigenvalue weighted by molar-refractivity contribution is 8.00. The van der Waals surface area contributed by atoms with E-state index in [1.165, 1.54) is 33.0 Å². The number of rotatable bonds is 9. The minimum atomic E-state index is -0.628. The van der Waals surface area contributed by atoms with Crippen LogP contribution < -0.4 is 20.1 Å². The molecule has 8 nitrogen and oxygen atoms in total. The molecule has 0 unspecified atom stereocenters. The van der Waals surface area contributed by atoms with Crippen molar-refractivity contribution in [1.29, 1.82) is 0 Å². The van der Waals surface area contributed by atoms with Gasteiger partial charge in [-0.1, -0.05) is 12.1 Å². The lowest BCUT2D eigenvalue weighted by atomic mass is 10.2. The molecular formula is C20H22N2O6S. The third-order valence-corrected chi connectivity index (χ3v) is 4.82. The van der Waals surface area contributed by atoms with Gasteiger partial charge in [-0.25, -0.2) is 4.79 Å². The van der Waals surface area contributed by atoms with Crippen molar-refractivity contribution < 1.29 is 28.6 Å². The van der Waals surface area contributed by atoms with Gasteiger partial charge in [-0.3, -0.25) is 9.59 Å². The molecule has 2 aromatic rings. The Hall–Kier alpha value is -3.20. The maximum atomic E-state index is 12.3. The van der Waals surface area contributed by atoms with E-state index in [0.29, 0.717) is 27.6 Å². The van der Waals surface area contributed by atoms with Crippen molar-refractivity contribution in [1.82, 2.24) is 5.32 Å². The summed E-state index contributed by atoms with van der Waals surface area (Å²) in [5, 5.41) is 5.14. The number of carbonyl (C=O) groups excluding carboxylic acids is 3. The Morgan fingerprint density at radius 1 is 0.966 bits per heavy atom. The van der Waals surface area contributed by atoms with Crippen LogP contribution in [0.4, 0.5) is 5.69 Å². The van der Waals surface area contributed by atoms with Gasteiger partial charge in [0.05, 0.1) is 25.5 Å². The van der Waals surface area contributed by atoms with Gasteiger partial charge in [0.2, 0.25) is 5.91 Å². The summed E-state index contributed by atoms with van der Waals surface area (Å²) in [6.07, 6.45) is 0. The Morgan fingerprint density at radius 3 is 2.38 bits per heavy atom. The number of amides is 2. The van der Waals surface area contributed by atoms with Crippen LogP contribution in [0.15, 0.2) is 47.4 Å². The van der Waals surface area contributed by atoms with E-state index < -0.39 is 11.9 Å². The number of methoxy groups -OCH3 is 2. The van der Waals surface area contributed by atoms with Gasteiger partial charge in [-0.2, -0.15) is 0 Å². The number of nitrogens with one attached hydrogen (secondary N) is 2. The molecule has 9 heteroatoms. The van der Waals surface area contributed by atoms with Gasteiger partial charge in [0, 0.05) is 23.7 Å². The molecule has 154 valence electrons. The first-order chi connectivity index (χ1) is 14.0. The number of carbonyl (C=O) groups is 3. The Morgan fingerprint density at radius 2 is 1.69 bits per heavy atom. The molecule has 0 bridgehead atoms. The molecule has 0 atom stereocenters. The number of hydrogen-bond donors (Lipinski definition) is 2. The number of anilines is 1. The molecule has 0 spiro atoms. The number of thioether (sulfide) groups is 1. The monoisotopic (exact) mass is 418 g/mol. The normalized spacial score (nSPS) is 10.0. The summed E-state index contributed by atoms with van der Waals surface area (Å²) in [6, 6.07) is 11.8. The van der Waals surface area contributed by atoms with Gasteiger partial charge >= 0.3 is 5.97 Å². The number of likely N-dealkylation sites (N-methyl/N-ethyl adjacent to an activating group) is 1. The van der Waals surface area contributed by atoms with Gasteiger partial charge < -0.3 is 24.8 Å². The third kappa shape index (κ3) is 6.42. The lowest BCUT2D eigenvalue weighted by Crippen LogP contribution is -2.25. The Bertz CT molecular complexity index is 887. The summed E-state index contributed by atoms with van der Waals surface area (Å²) in [6.45, 7) is -0.367. The van der Waals surface area contributed by atoms with Crippen molar-refractivity contribution in [3.8, 4) is 11.5 Å². The first-order valence-corrected chi connectivity index (χ1v) is 9.58. The van der Waals surface area contributed by atoms with Gasteiger partial charge in [-0.15, -0.1) is 11.8 Å². The summed E-state index contributed by atoms with van der Waals surface area (Å²) in [5.74, 6) is -0.148. The Labute approximate surface area is 172 Å². The minimum Gasteiger partial charge on any atom is -0.493 e. The molecule has 0 aliphatic carbocycles. The standard InChI is InChI=1S/C20H22N2O6S/c1-21-18(23)11-28-20(25)14-6-4-5-7-17(14)29-12-19(24)22-13-8-9-15(26-2)16(10-13)27-3/h4-10H,11-12H2,1-3H3,(H,21,23)(H,22,24). The molecule has 0 saturated heterocycles. The van der Waals surface area contributed by atoms with Crippen LogP contribution in [0.3, 0.4) is 0 Å². The molecule has 0 fully saturated rings. The van der Waals surface area contributed by atoms with Crippen LogP contribution in [-0.2, 0) is 14.3 Å². The van der Waals surface area contributed by atoms with E-state index in [-0.39, 0.29) is 18.3 Å². The van der Waals surface area contributed by atoms with Crippen LogP contribution in [0.2, 0.25) is 0 Å². The molecule has 0 aliphatic rings. The molecule has 2 amide bonds. The molecule has 0 radical (unpaired) electrons. The van der Waals surface area contributed by atoms with Gasteiger partial charge in [0.1, 0.15) is 0 Å². The second-order valence-corrected chi connectivity index (χ2v) is 6.67. The molecule has 0 heterocycles. The van der Waals surface area contributed by atoms with Crippen LogP contribution in [0.25, 0.3) is 0 Å². The Kier molecular flexibility index (Phi) is 8.35. The van der Waals surface area contributed by atoms with Crippen LogP contribution in [0.1, 0.15) is 10.4 Å². The second kappa shape index (κ2) is 11.0. The molecule has 0 saturated carbocycles. The average molecular weight is 418 g/mol. The van der Waals surface area contributed by atoms with Crippen LogP contribution in [0.5, 0.6) is 11.5 Å². The van der Waals surface area contributed by atoms with Crippen molar-refractivity contribution in [3.05, 3.63) is 48.0 Å². The largest absolute Gasteiger partial charge is 0.493 e. The highest BCUT2D eigenvalue weighted by Crippen LogP contribution is 2.30. The van der Waals surface area contributed by atoms with Gasteiger partial charge in [0.25, 0.3) is 5.91 Å². The summed E-state index contributed by atoms with van der Waals surface area (Å²) < 4.78 is 15.4. The topological polar surface area (TPSA) is 103 Å². The van der Waals surface area contributed by atoms with E-state index in [0.717, 1.165) is 0 Å². The number of esters is 1. The zero-order valence-electron chi connectivity index (χ0n) is 16.3. The van der Waals surface area contributed by atoms with E-state index in [9.17, 15) is 14.4 Å². The molecule has 2 rings (SSSR count). The van der Waals surface area contributed by atoms with Crippen molar-refractivity contribution in [2.75, 3.05) is 38.9 Å². The summed E-state index contributed by atoms with van der Waals surface area (Å²) >= 11 is 1.19. The predicted octanol–water partition coefficient (Wildman–Crippen LogP) is 2.34. The minimum absolute atomic E-state index is 0.0775. The quantitative estimate of drug-likeness (QED) is 0.476. The molecular weight excluding hydrogens is 396 g/mol. The van der Waals surface area contributed by atoms with Crippen LogP contribution in [0, 0.1) is 0 Å². The number of hydrogen-bond acceptors (Lipinski definition) is 7. The first-order valence-electron chi connectivity index (χ1n) is 8.60. The van der Waals surface area contributed by atoms with E-state index in [1.807, 2.05) is 0 Å². The summed E-state index contributed by atoms with van der Waals surface area (Å²) in [7, 11) is 4.50. The van der Waals surface area contributed by atoms with Crippen LogP contribution in [-0.4, -0.2) is 51.4 Å². The average Bonchev–Trinajstić information content (AvgIpc) is 2.75. The fourth-order valence-corrected chi connectivity index (χ4v) is 3.14. The zero-order valence-corrected chi connectivity index (χ0v) is 17.1. The molecule has 2 aromatic carbocycles. The van der Waals surface area contributed by atoms with E-state index in [1.54, 1.807) is 42.5 Å².